The van der Waals surface area contributed by atoms with E-state index in [0.29, 0.717) is 18.2 Å². The highest BCUT2D eigenvalue weighted by molar-refractivity contribution is 6.05. The van der Waals surface area contributed by atoms with Crippen LogP contribution in [0.3, 0.4) is 0 Å². The average Bonchev–Trinajstić information content (AvgIpc) is 2.71. The molecule has 0 saturated heterocycles. The molecule has 6 heteroatoms. The van der Waals surface area contributed by atoms with E-state index in [2.05, 4.69) is 16.7 Å². The molecule has 146 valence electrons. The quantitative estimate of drug-likeness (QED) is 0.701. The van der Waals surface area contributed by atoms with E-state index in [1.165, 1.54) is 30.5 Å². The number of amides is 2. The summed E-state index contributed by atoms with van der Waals surface area (Å²) in [4.78, 5) is 24.4. The molecule has 1 aliphatic rings. The molecule has 2 amide bonds. The lowest BCUT2D eigenvalue weighted by molar-refractivity contribution is 0.0952. The molecule has 0 fully saturated rings. The standard InChI is InChI=1S/C22H22F2N2O2/c23-18-10-11-20(19(24)14-18)26-22(28)17-8-6-16(7-9-17)21(27)25-13-12-15-4-2-1-3-5-15/h4,6-11,14H,1-3,5,12-13H2,(H,25,27)(H,26,28). The van der Waals surface area contributed by atoms with Gasteiger partial charge < -0.3 is 10.6 Å². The second kappa shape index (κ2) is 9.26. The van der Waals surface area contributed by atoms with E-state index in [-0.39, 0.29) is 17.2 Å². The second-order valence-corrected chi connectivity index (χ2v) is 6.77. The molecule has 4 nitrogen and oxygen atoms in total. The van der Waals surface area contributed by atoms with Crippen molar-refractivity contribution in [2.24, 2.45) is 0 Å². The van der Waals surface area contributed by atoms with Crippen LogP contribution in [0.4, 0.5) is 14.5 Å². The number of hydrogen-bond donors (Lipinski definition) is 2. The second-order valence-electron chi connectivity index (χ2n) is 6.77. The average molecular weight is 384 g/mol. The van der Waals surface area contributed by atoms with Crippen molar-refractivity contribution in [3.8, 4) is 0 Å². The van der Waals surface area contributed by atoms with Crippen molar-refractivity contribution in [3.05, 3.63) is 76.9 Å². The van der Waals surface area contributed by atoms with Crippen LogP contribution in [0.25, 0.3) is 0 Å². The van der Waals surface area contributed by atoms with Crippen LogP contribution in [0.15, 0.2) is 54.1 Å². The topological polar surface area (TPSA) is 58.2 Å². The Balaban J connectivity index is 1.54. The van der Waals surface area contributed by atoms with E-state index >= 15 is 0 Å². The van der Waals surface area contributed by atoms with E-state index in [1.54, 1.807) is 12.1 Å². The van der Waals surface area contributed by atoms with Crippen molar-refractivity contribution < 1.29 is 18.4 Å². The van der Waals surface area contributed by atoms with E-state index in [9.17, 15) is 18.4 Å². The Kier molecular flexibility index (Phi) is 6.53. The highest BCUT2D eigenvalue weighted by Gasteiger charge is 2.12. The zero-order valence-corrected chi connectivity index (χ0v) is 15.4. The minimum absolute atomic E-state index is 0.106. The normalized spacial score (nSPS) is 13.6. The van der Waals surface area contributed by atoms with Gasteiger partial charge in [-0.25, -0.2) is 8.78 Å². The molecule has 0 saturated carbocycles. The van der Waals surface area contributed by atoms with Crippen LogP contribution in [0.5, 0.6) is 0 Å². The Morgan fingerprint density at radius 1 is 0.929 bits per heavy atom. The minimum atomic E-state index is -0.850. The molecule has 1 aliphatic carbocycles. The lowest BCUT2D eigenvalue weighted by Gasteiger charge is -2.13. The molecule has 2 aromatic carbocycles. The van der Waals surface area contributed by atoms with E-state index in [4.69, 9.17) is 0 Å². The van der Waals surface area contributed by atoms with E-state index in [0.717, 1.165) is 31.4 Å². The summed E-state index contributed by atoms with van der Waals surface area (Å²) >= 11 is 0. The van der Waals surface area contributed by atoms with Gasteiger partial charge >= 0.3 is 0 Å². The minimum Gasteiger partial charge on any atom is -0.352 e. The first-order valence-electron chi connectivity index (χ1n) is 9.35. The van der Waals surface area contributed by atoms with Crippen LogP contribution in [0.2, 0.25) is 0 Å². The predicted octanol–water partition coefficient (Wildman–Crippen LogP) is 4.84. The van der Waals surface area contributed by atoms with Gasteiger partial charge in [0, 0.05) is 23.7 Å². The molecule has 0 unspecified atom stereocenters. The molecule has 0 bridgehead atoms. The van der Waals surface area contributed by atoms with Gasteiger partial charge in [-0.05, 0) is 68.5 Å². The highest BCUT2D eigenvalue weighted by Crippen LogP contribution is 2.19. The fraction of sp³-hybridized carbons (Fsp3) is 0.273. The lowest BCUT2D eigenvalue weighted by Crippen LogP contribution is -2.25. The third kappa shape index (κ3) is 5.25. The Labute approximate surface area is 162 Å². The molecule has 2 N–H and O–H groups in total. The Morgan fingerprint density at radius 3 is 2.29 bits per heavy atom. The number of hydrogen-bond acceptors (Lipinski definition) is 2. The number of benzene rings is 2. The zero-order valence-electron chi connectivity index (χ0n) is 15.4. The summed E-state index contributed by atoms with van der Waals surface area (Å²) in [5.74, 6) is -2.31. The molecule has 0 heterocycles. The van der Waals surface area contributed by atoms with Crippen LogP contribution < -0.4 is 10.6 Å². The van der Waals surface area contributed by atoms with Gasteiger partial charge in [-0.15, -0.1) is 0 Å². The highest BCUT2D eigenvalue weighted by atomic mass is 19.1. The number of carbonyl (C=O) groups excluding carboxylic acids is 2. The predicted molar refractivity (Wildman–Crippen MR) is 104 cm³/mol. The van der Waals surface area contributed by atoms with Crippen LogP contribution in [-0.4, -0.2) is 18.4 Å². The first-order valence-corrected chi connectivity index (χ1v) is 9.35. The molecule has 0 spiro atoms. The molecule has 3 rings (SSSR count). The smallest absolute Gasteiger partial charge is 0.255 e. The van der Waals surface area contributed by atoms with Crippen LogP contribution in [0, 0.1) is 11.6 Å². The van der Waals surface area contributed by atoms with Gasteiger partial charge in [0.2, 0.25) is 0 Å². The largest absolute Gasteiger partial charge is 0.352 e. The summed E-state index contributed by atoms with van der Waals surface area (Å²) in [5, 5.41) is 5.27. The van der Waals surface area contributed by atoms with Gasteiger partial charge in [0.15, 0.2) is 0 Å². The number of carbonyl (C=O) groups is 2. The monoisotopic (exact) mass is 384 g/mol. The number of rotatable bonds is 6. The summed E-state index contributed by atoms with van der Waals surface area (Å²) in [5.41, 5.74) is 2.01. The number of allylic oxidation sites excluding steroid dienone is 1. The van der Waals surface area contributed by atoms with Crippen molar-refractivity contribution in [2.45, 2.75) is 32.1 Å². The van der Waals surface area contributed by atoms with Crippen molar-refractivity contribution in [3.63, 3.8) is 0 Å². The summed E-state index contributed by atoms with van der Waals surface area (Å²) in [7, 11) is 0. The maximum absolute atomic E-state index is 13.6. The Morgan fingerprint density at radius 2 is 1.64 bits per heavy atom. The maximum atomic E-state index is 13.6. The summed E-state index contributed by atoms with van der Waals surface area (Å²) < 4.78 is 26.6. The molecular formula is C22H22F2N2O2. The zero-order chi connectivity index (χ0) is 19.9. The SMILES string of the molecule is O=C(NCCC1=CCCCC1)c1ccc(C(=O)Nc2ccc(F)cc2F)cc1. The van der Waals surface area contributed by atoms with Crippen molar-refractivity contribution in [1.29, 1.82) is 0 Å². The molecule has 2 aromatic rings. The van der Waals surface area contributed by atoms with Crippen LogP contribution >= 0.6 is 0 Å². The Hall–Kier alpha value is -3.02. The third-order valence-corrected chi connectivity index (χ3v) is 4.71. The fourth-order valence-electron chi connectivity index (χ4n) is 3.13. The van der Waals surface area contributed by atoms with Gasteiger partial charge in [-0.2, -0.15) is 0 Å². The van der Waals surface area contributed by atoms with Gasteiger partial charge in [0.25, 0.3) is 11.8 Å². The number of nitrogens with one attached hydrogen (secondary N) is 2. The lowest BCUT2D eigenvalue weighted by atomic mass is 9.97. The maximum Gasteiger partial charge on any atom is 0.255 e. The molecule has 0 aliphatic heterocycles. The summed E-state index contributed by atoms with van der Waals surface area (Å²) in [6, 6.07) is 9.01. The molecule has 0 aromatic heterocycles. The van der Waals surface area contributed by atoms with Crippen LogP contribution in [0.1, 0.15) is 52.8 Å². The van der Waals surface area contributed by atoms with Gasteiger partial charge in [0.1, 0.15) is 11.6 Å². The van der Waals surface area contributed by atoms with Gasteiger partial charge in [-0.1, -0.05) is 11.6 Å². The number of halogens is 2. The van der Waals surface area contributed by atoms with Crippen molar-refractivity contribution in [2.75, 3.05) is 11.9 Å². The number of anilines is 1. The molecule has 28 heavy (non-hydrogen) atoms. The molecule has 0 atom stereocenters. The Bertz CT molecular complexity index is 892. The van der Waals surface area contributed by atoms with Crippen molar-refractivity contribution in [1.82, 2.24) is 5.32 Å². The summed E-state index contributed by atoms with van der Waals surface area (Å²) in [6.07, 6.45) is 7.79. The summed E-state index contributed by atoms with van der Waals surface area (Å²) in [6.45, 7) is 0.580. The first-order chi connectivity index (χ1) is 13.5. The van der Waals surface area contributed by atoms with Crippen LogP contribution in [-0.2, 0) is 0 Å². The first kappa shape index (κ1) is 19.7. The molecular weight excluding hydrogens is 362 g/mol. The van der Waals surface area contributed by atoms with E-state index < -0.39 is 17.5 Å². The van der Waals surface area contributed by atoms with Crippen molar-refractivity contribution >= 4 is 17.5 Å². The third-order valence-electron chi connectivity index (χ3n) is 4.71. The van der Waals surface area contributed by atoms with Gasteiger partial charge in [0.05, 0.1) is 5.69 Å². The fourth-order valence-corrected chi connectivity index (χ4v) is 3.13. The van der Waals surface area contributed by atoms with E-state index in [1.807, 2.05) is 0 Å². The van der Waals surface area contributed by atoms with Gasteiger partial charge in [-0.3, -0.25) is 9.59 Å². The molecule has 0 radical (unpaired) electrons.